The molecular weight excluding hydrogens is 312 g/mol. The number of hydrogen-bond acceptors (Lipinski definition) is 4. The van der Waals surface area contributed by atoms with Crippen LogP contribution in [0, 0.1) is 11.3 Å². The Morgan fingerprint density at radius 1 is 1.24 bits per heavy atom. The molecule has 2 rings (SSSR count). The molecule has 0 amide bonds. The van der Waals surface area contributed by atoms with E-state index >= 15 is 0 Å². The number of rotatable bonds is 4. The van der Waals surface area contributed by atoms with Gasteiger partial charge in [-0.15, -0.1) is 0 Å². The SMILES string of the molecule is N#Cc1ccc(S(=O)(=O)NCc2cccc(O)c2)cc1Cl. The van der Waals surface area contributed by atoms with Crippen molar-refractivity contribution >= 4 is 21.6 Å². The van der Waals surface area contributed by atoms with E-state index in [0.717, 1.165) is 0 Å². The van der Waals surface area contributed by atoms with Crippen LogP contribution in [0.1, 0.15) is 11.1 Å². The lowest BCUT2D eigenvalue weighted by Crippen LogP contribution is -2.23. The van der Waals surface area contributed by atoms with Gasteiger partial charge in [-0.3, -0.25) is 0 Å². The zero-order valence-corrected chi connectivity index (χ0v) is 12.3. The highest BCUT2D eigenvalue weighted by atomic mass is 35.5. The van der Waals surface area contributed by atoms with Gasteiger partial charge in [0.25, 0.3) is 0 Å². The zero-order chi connectivity index (χ0) is 15.5. The fourth-order valence-corrected chi connectivity index (χ4v) is 3.01. The van der Waals surface area contributed by atoms with E-state index in [1.165, 1.54) is 30.3 Å². The summed E-state index contributed by atoms with van der Waals surface area (Å²) in [5, 5.41) is 18.2. The number of hydrogen-bond donors (Lipinski definition) is 2. The van der Waals surface area contributed by atoms with Crippen LogP contribution in [0.2, 0.25) is 5.02 Å². The Hall–Kier alpha value is -2.07. The second kappa shape index (κ2) is 6.14. The van der Waals surface area contributed by atoms with E-state index in [1.54, 1.807) is 12.1 Å². The molecule has 0 aliphatic rings. The minimum atomic E-state index is -3.74. The molecule has 2 aromatic rings. The molecule has 108 valence electrons. The van der Waals surface area contributed by atoms with Gasteiger partial charge in [0.1, 0.15) is 11.8 Å². The van der Waals surface area contributed by atoms with E-state index in [2.05, 4.69) is 4.72 Å². The largest absolute Gasteiger partial charge is 0.508 e. The van der Waals surface area contributed by atoms with Gasteiger partial charge < -0.3 is 5.11 Å². The molecular formula is C14H11ClN2O3S. The second-order valence-electron chi connectivity index (χ2n) is 4.25. The van der Waals surface area contributed by atoms with Crippen molar-refractivity contribution in [3.8, 4) is 11.8 Å². The highest BCUT2D eigenvalue weighted by Crippen LogP contribution is 2.20. The van der Waals surface area contributed by atoms with Gasteiger partial charge >= 0.3 is 0 Å². The lowest BCUT2D eigenvalue weighted by atomic mass is 10.2. The molecule has 2 N–H and O–H groups in total. The minimum absolute atomic E-state index is 0.0216. The average Bonchev–Trinajstić information content (AvgIpc) is 2.45. The van der Waals surface area contributed by atoms with Crippen LogP contribution in [0.4, 0.5) is 0 Å². The predicted octanol–water partition coefficient (Wildman–Crippen LogP) is 2.40. The van der Waals surface area contributed by atoms with Crippen LogP contribution >= 0.6 is 11.6 Å². The van der Waals surface area contributed by atoms with Crippen molar-refractivity contribution in [2.45, 2.75) is 11.4 Å². The number of halogens is 1. The standard InChI is InChI=1S/C14H11ClN2O3S/c15-14-7-13(5-4-11(14)8-16)21(19,20)17-9-10-2-1-3-12(18)6-10/h1-7,17-18H,9H2. The average molecular weight is 323 g/mol. The summed E-state index contributed by atoms with van der Waals surface area (Å²) in [6, 6.07) is 12.0. The lowest BCUT2D eigenvalue weighted by molar-refractivity contribution is 0.474. The van der Waals surface area contributed by atoms with Crippen molar-refractivity contribution in [3.63, 3.8) is 0 Å². The van der Waals surface area contributed by atoms with Crippen LogP contribution < -0.4 is 4.72 Å². The molecule has 2 aromatic carbocycles. The van der Waals surface area contributed by atoms with E-state index < -0.39 is 10.0 Å². The Morgan fingerprint density at radius 2 is 2.00 bits per heavy atom. The van der Waals surface area contributed by atoms with Gasteiger partial charge in [-0.05, 0) is 35.9 Å². The second-order valence-corrected chi connectivity index (χ2v) is 6.42. The first-order valence-corrected chi connectivity index (χ1v) is 7.76. The van der Waals surface area contributed by atoms with Crippen LogP contribution in [0.3, 0.4) is 0 Å². The maximum absolute atomic E-state index is 12.1. The molecule has 0 atom stereocenters. The summed E-state index contributed by atoms with van der Waals surface area (Å²) in [5.74, 6) is 0.0631. The van der Waals surface area contributed by atoms with E-state index in [0.29, 0.717) is 5.56 Å². The van der Waals surface area contributed by atoms with Crippen molar-refractivity contribution in [2.75, 3.05) is 0 Å². The maximum Gasteiger partial charge on any atom is 0.240 e. The molecule has 0 aliphatic carbocycles. The Kier molecular flexibility index (Phi) is 4.48. The topological polar surface area (TPSA) is 90.2 Å². The number of aromatic hydroxyl groups is 1. The molecule has 21 heavy (non-hydrogen) atoms. The summed E-state index contributed by atoms with van der Waals surface area (Å²) in [4.78, 5) is -0.0216. The van der Waals surface area contributed by atoms with Gasteiger partial charge in [0.2, 0.25) is 10.0 Å². The van der Waals surface area contributed by atoms with Crippen molar-refractivity contribution in [1.82, 2.24) is 4.72 Å². The third-order valence-electron chi connectivity index (χ3n) is 2.75. The van der Waals surface area contributed by atoms with Gasteiger partial charge in [-0.1, -0.05) is 23.7 Å². The van der Waals surface area contributed by atoms with Crippen LogP contribution in [-0.2, 0) is 16.6 Å². The number of phenolic OH excluding ortho intramolecular Hbond substituents is 1. The fourth-order valence-electron chi connectivity index (χ4n) is 1.68. The highest BCUT2D eigenvalue weighted by molar-refractivity contribution is 7.89. The first-order valence-electron chi connectivity index (χ1n) is 5.89. The lowest BCUT2D eigenvalue weighted by Gasteiger charge is -2.08. The van der Waals surface area contributed by atoms with Gasteiger partial charge in [-0.2, -0.15) is 5.26 Å². The summed E-state index contributed by atoms with van der Waals surface area (Å²) >= 11 is 5.83. The first kappa shape index (κ1) is 15.3. The molecule has 0 saturated heterocycles. The molecule has 5 nitrogen and oxygen atoms in total. The number of nitrogens with zero attached hydrogens (tertiary/aromatic N) is 1. The summed E-state index contributed by atoms with van der Waals surface area (Å²) in [5.41, 5.74) is 0.835. The van der Waals surface area contributed by atoms with Gasteiger partial charge in [0.05, 0.1) is 15.5 Å². The van der Waals surface area contributed by atoms with E-state index in [4.69, 9.17) is 16.9 Å². The van der Waals surface area contributed by atoms with Crippen LogP contribution in [-0.4, -0.2) is 13.5 Å². The summed E-state index contributed by atoms with van der Waals surface area (Å²) in [6.07, 6.45) is 0. The number of nitriles is 1. The van der Waals surface area contributed by atoms with E-state index in [9.17, 15) is 13.5 Å². The van der Waals surface area contributed by atoms with Crippen LogP contribution in [0.25, 0.3) is 0 Å². The molecule has 0 saturated carbocycles. The third-order valence-corrected chi connectivity index (χ3v) is 4.46. The Labute approximate surface area is 127 Å². The summed E-state index contributed by atoms with van der Waals surface area (Å²) in [6.45, 7) is 0.0361. The molecule has 0 spiro atoms. The molecule has 0 aliphatic heterocycles. The smallest absolute Gasteiger partial charge is 0.240 e. The van der Waals surface area contributed by atoms with Crippen molar-refractivity contribution in [3.05, 3.63) is 58.6 Å². The third kappa shape index (κ3) is 3.73. The molecule has 7 heteroatoms. The van der Waals surface area contributed by atoms with E-state index in [1.807, 2.05) is 6.07 Å². The monoisotopic (exact) mass is 322 g/mol. The Balaban J connectivity index is 2.19. The minimum Gasteiger partial charge on any atom is -0.508 e. The fraction of sp³-hybridized carbons (Fsp3) is 0.0714. The first-order chi connectivity index (χ1) is 9.92. The van der Waals surface area contributed by atoms with Gasteiger partial charge in [-0.25, -0.2) is 13.1 Å². The Bertz CT molecular complexity index is 813. The van der Waals surface area contributed by atoms with Crippen LogP contribution in [0.5, 0.6) is 5.75 Å². The number of nitrogens with one attached hydrogen (secondary N) is 1. The zero-order valence-electron chi connectivity index (χ0n) is 10.7. The quantitative estimate of drug-likeness (QED) is 0.904. The molecule has 0 aromatic heterocycles. The van der Waals surface area contributed by atoms with Crippen LogP contribution in [0.15, 0.2) is 47.4 Å². The van der Waals surface area contributed by atoms with Crippen molar-refractivity contribution in [1.29, 1.82) is 5.26 Å². The normalized spacial score (nSPS) is 11.0. The number of phenols is 1. The molecule has 0 unspecified atom stereocenters. The van der Waals surface area contributed by atoms with E-state index in [-0.39, 0.29) is 27.8 Å². The Morgan fingerprint density at radius 3 is 2.62 bits per heavy atom. The predicted molar refractivity (Wildman–Crippen MR) is 78.3 cm³/mol. The molecule has 0 bridgehead atoms. The molecule has 0 radical (unpaired) electrons. The van der Waals surface area contributed by atoms with Gasteiger partial charge in [0.15, 0.2) is 0 Å². The maximum atomic E-state index is 12.1. The molecule has 0 heterocycles. The van der Waals surface area contributed by atoms with Crippen molar-refractivity contribution in [2.24, 2.45) is 0 Å². The summed E-state index contributed by atoms with van der Waals surface area (Å²) < 4.78 is 26.7. The van der Waals surface area contributed by atoms with Gasteiger partial charge in [0, 0.05) is 6.54 Å². The highest BCUT2D eigenvalue weighted by Gasteiger charge is 2.15. The number of sulfonamides is 1. The molecule has 0 fully saturated rings. The van der Waals surface area contributed by atoms with Crippen molar-refractivity contribution < 1.29 is 13.5 Å². The number of benzene rings is 2. The summed E-state index contributed by atoms with van der Waals surface area (Å²) in [7, 11) is -3.74.